The normalized spacial score (nSPS) is 13.0. The molecule has 3 rings (SSSR count). The van der Waals surface area contributed by atoms with Gasteiger partial charge in [0.15, 0.2) is 11.5 Å². The van der Waals surface area contributed by atoms with Gasteiger partial charge in [0.1, 0.15) is 12.2 Å². The van der Waals surface area contributed by atoms with Gasteiger partial charge < -0.3 is 14.2 Å². The monoisotopic (exact) mass is 318 g/mol. The molecular weight excluding hydrogens is 296 g/mol. The quantitative estimate of drug-likeness (QED) is 0.738. The summed E-state index contributed by atoms with van der Waals surface area (Å²) in [5.41, 5.74) is 1.17. The number of rotatable bonds is 8. The lowest BCUT2D eigenvalue weighted by molar-refractivity contribution is 0.137. The fourth-order valence-corrected chi connectivity index (χ4v) is 2.61. The largest absolute Gasteiger partial charge is 0.454 e. The van der Waals surface area contributed by atoms with Crippen LogP contribution in [0.1, 0.15) is 18.3 Å². The van der Waals surface area contributed by atoms with Crippen LogP contribution in [0.2, 0.25) is 0 Å². The molecule has 1 aliphatic rings. The summed E-state index contributed by atoms with van der Waals surface area (Å²) in [7, 11) is 1.72. The van der Waals surface area contributed by atoms with Gasteiger partial charge in [-0.2, -0.15) is 5.10 Å². The first-order valence-electron chi connectivity index (χ1n) is 7.76. The molecule has 0 spiro atoms. The SMILES string of the molecule is CCn1ncnc1CN(CCOC)Cc1ccc2c(c1)OCO2. The number of nitrogens with zero attached hydrogens (tertiary/aromatic N) is 4. The Morgan fingerprint density at radius 1 is 1.26 bits per heavy atom. The van der Waals surface area contributed by atoms with Crippen LogP contribution in [0.5, 0.6) is 11.5 Å². The van der Waals surface area contributed by atoms with E-state index in [1.807, 2.05) is 16.8 Å². The zero-order valence-electron chi connectivity index (χ0n) is 13.6. The molecule has 124 valence electrons. The molecule has 1 aromatic heterocycles. The molecule has 0 saturated heterocycles. The second-order valence-corrected chi connectivity index (χ2v) is 5.38. The third kappa shape index (κ3) is 3.80. The van der Waals surface area contributed by atoms with E-state index in [2.05, 4.69) is 28.0 Å². The molecule has 0 bridgehead atoms. The van der Waals surface area contributed by atoms with E-state index >= 15 is 0 Å². The standard InChI is InChI=1S/C16H22N4O3/c1-3-20-16(17-11-18-20)10-19(6-7-21-2)9-13-4-5-14-15(8-13)23-12-22-14/h4-5,8,11H,3,6-7,9-10,12H2,1-2H3. The highest BCUT2D eigenvalue weighted by Gasteiger charge is 2.16. The van der Waals surface area contributed by atoms with Gasteiger partial charge in [-0.3, -0.25) is 4.90 Å². The van der Waals surface area contributed by atoms with Gasteiger partial charge in [-0.25, -0.2) is 9.67 Å². The first-order chi connectivity index (χ1) is 11.3. The maximum Gasteiger partial charge on any atom is 0.231 e. The highest BCUT2D eigenvalue weighted by Crippen LogP contribution is 2.32. The smallest absolute Gasteiger partial charge is 0.231 e. The minimum atomic E-state index is 0.297. The summed E-state index contributed by atoms with van der Waals surface area (Å²) in [5.74, 6) is 2.58. The Morgan fingerprint density at radius 3 is 2.96 bits per heavy atom. The fraction of sp³-hybridized carbons (Fsp3) is 0.500. The van der Waals surface area contributed by atoms with Gasteiger partial charge in [0.2, 0.25) is 6.79 Å². The van der Waals surface area contributed by atoms with Gasteiger partial charge in [0.25, 0.3) is 0 Å². The molecule has 0 atom stereocenters. The van der Waals surface area contributed by atoms with Crippen LogP contribution < -0.4 is 9.47 Å². The highest BCUT2D eigenvalue weighted by atomic mass is 16.7. The van der Waals surface area contributed by atoms with E-state index in [0.717, 1.165) is 43.5 Å². The third-order valence-corrected chi connectivity index (χ3v) is 3.82. The molecule has 1 aromatic carbocycles. The predicted molar refractivity (Wildman–Crippen MR) is 84.3 cm³/mol. The highest BCUT2D eigenvalue weighted by molar-refractivity contribution is 5.44. The van der Waals surface area contributed by atoms with Crippen molar-refractivity contribution in [2.24, 2.45) is 0 Å². The van der Waals surface area contributed by atoms with E-state index in [-0.39, 0.29) is 0 Å². The van der Waals surface area contributed by atoms with Crippen molar-refractivity contribution >= 4 is 0 Å². The lowest BCUT2D eigenvalue weighted by Crippen LogP contribution is -2.28. The van der Waals surface area contributed by atoms with E-state index in [4.69, 9.17) is 14.2 Å². The predicted octanol–water partition coefficient (Wildman–Crippen LogP) is 1.68. The zero-order valence-corrected chi connectivity index (χ0v) is 13.6. The molecule has 0 amide bonds. The summed E-state index contributed by atoms with van der Waals surface area (Å²) < 4.78 is 18.0. The van der Waals surface area contributed by atoms with Crippen LogP contribution in [0, 0.1) is 0 Å². The van der Waals surface area contributed by atoms with Crippen molar-refractivity contribution in [1.82, 2.24) is 19.7 Å². The van der Waals surface area contributed by atoms with Crippen molar-refractivity contribution in [3.8, 4) is 11.5 Å². The third-order valence-electron chi connectivity index (χ3n) is 3.82. The summed E-state index contributed by atoms with van der Waals surface area (Å²) in [5, 5.41) is 4.23. The summed E-state index contributed by atoms with van der Waals surface area (Å²) in [6.45, 7) is 6.19. The number of hydrogen-bond donors (Lipinski definition) is 0. The van der Waals surface area contributed by atoms with Crippen LogP contribution >= 0.6 is 0 Å². The van der Waals surface area contributed by atoms with E-state index < -0.39 is 0 Å². The van der Waals surface area contributed by atoms with E-state index in [9.17, 15) is 0 Å². The van der Waals surface area contributed by atoms with E-state index in [1.54, 1.807) is 13.4 Å². The number of ether oxygens (including phenoxy) is 3. The molecular formula is C16H22N4O3. The Kier molecular flexibility index (Phi) is 5.09. The van der Waals surface area contributed by atoms with Crippen molar-refractivity contribution in [3.63, 3.8) is 0 Å². The van der Waals surface area contributed by atoms with Gasteiger partial charge in [0, 0.05) is 26.7 Å². The zero-order chi connectivity index (χ0) is 16.1. The van der Waals surface area contributed by atoms with Gasteiger partial charge in [-0.15, -0.1) is 0 Å². The minimum absolute atomic E-state index is 0.297. The molecule has 7 heteroatoms. The Balaban J connectivity index is 1.71. The summed E-state index contributed by atoms with van der Waals surface area (Å²) >= 11 is 0. The lowest BCUT2D eigenvalue weighted by atomic mass is 10.2. The van der Waals surface area contributed by atoms with Crippen LogP contribution in [-0.2, 0) is 24.4 Å². The lowest BCUT2D eigenvalue weighted by Gasteiger charge is -2.22. The number of hydrogen-bond acceptors (Lipinski definition) is 6. The number of benzene rings is 1. The molecule has 0 unspecified atom stereocenters. The average Bonchev–Trinajstić information content (AvgIpc) is 3.20. The molecule has 0 saturated carbocycles. The summed E-state index contributed by atoms with van der Waals surface area (Å²) in [6, 6.07) is 6.06. The molecule has 0 aliphatic carbocycles. The van der Waals surface area contributed by atoms with Crippen LogP contribution in [-0.4, -0.2) is 46.7 Å². The number of aryl methyl sites for hydroxylation is 1. The van der Waals surface area contributed by atoms with E-state index in [0.29, 0.717) is 13.4 Å². The van der Waals surface area contributed by atoms with Crippen molar-refractivity contribution in [2.75, 3.05) is 27.1 Å². The average molecular weight is 318 g/mol. The van der Waals surface area contributed by atoms with Gasteiger partial charge >= 0.3 is 0 Å². The second kappa shape index (κ2) is 7.43. The van der Waals surface area contributed by atoms with Crippen LogP contribution in [0.4, 0.5) is 0 Å². The maximum atomic E-state index is 5.45. The van der Waals surface area contributed by atoms with Gasteiger partial charge in [-0.1, -0.05) is 6.07 Å². The molecule has 2 heterocycles. The topological polar surface area (TPSA) is 61.6 Å². The van der Waals surface area contributed by atoms with Crippen molar-refractivity contribution < 1.29 is 14.2 Å². The van der Waals surface area contributed by atoms with Crippen molar-refractivity contribution in [2.45, 2.75) is 26.6 Å². The first-order valence-corrected chi connectivity index (χ1v) is 7.76. The van der Waals surface area contributed by atoms with Crippen LogP contribution in [0.25, 0.3) is 0 Å². The molecule has 0 radical (unpaired) electrons. The molecule has 1 aliphatic heterocycles. The van der Waals surface area contributed by atoms with Crippen molar-refractivity contribution in [1.29, 1.82) is 0 Å². The molecule has 2 aromatic rings. The molecule has 0 fully saturated rings. The fourth-order valence-electron chi connectivity index (χ4n) is 2.61. The molecule has 0 N–H and O–H groups in total. The Labute approximate surface area is 135 Å². The second-order valence-electron chi connectivity index (χ2n) is 5.38. The molecule has 23 heavy (non-hydrogen) atoms. The Hall–Kier alpha value is -2.12. The molecule has 7 nitrogen and oxygen atoms in total. The van der Waals surface area contributed by atoms with Gasteiger partial charge in [0.05, 0.1) is 13.2 Å². The minimum Gasteiger partial charge on any atom is -0.454 e. The Bertz CT molecular complexity index is 644. The summed E-state index contributed by atoms with van der Waals surface area (Å²) in [4.78, 5) is 6.65. The number of methoxy groups -OCH3 is 1. The Morgan fingerprint density at radius 2 is 2.13 bits per heavy atom. The van der Waals surface area contributed by atoms with Crippen molar-refractivity contribution in [3.05, 3.63) is 35.9 Å². The van der Waals surface area contributed by atoms with Gasteiger partial charge in [-0.05, 0) is 24.6 Å². The van der Waals surface area contributed by atoms with E-state index in [1.165, 1.54) is 5.56 Å². The number of fused-ring (bicyclic) bond motifs is 1. The number of aromatic nitrogens is 3. The first kappa shape index (κ1) is 15.8. The maximum absolute atomic E-state index is 5.45. The van der Waals surface area contributed by atoms with Crippen LogP contribution in [0.15, 0.2) is 24.5 Å². The van der Waals surface area contributed by atoms with Crippen LogP contribution in [0.3, 0.4) is 0 Å². The summed E-state index contributed by atoms with van der Waals surface area (Å²) in [6.07, 6.45) is 1.61.